The number of nitrogens with zero attached hydrogens (tertiary/aromatic N) is 2. The highest BCUT2D eigenvalue weighted by atomic mass is 35.5. The van der Waals surface area contributed by atoms with Crippen molar-refractivity contribution in [1.29, 1.82) is 5.26 Å². The van der Waals surface area contributed by atoms with E-state index in [1.54, 1.807) is 6.07 Å². The Morgan fingerprint density at radius 1 is 1.05 bits per heavy atom. The van der Waals surface area contributed by atoms with Crippen LogP contribution in [0.5, 0.6) is 0 Å². The first-order valence-corrected chi connectivity index (χ1v) is 6.37. The lowest BCUT2D eigenvalue weighted by Crippen LogP contribution is -1.97. The molecule has 2 aromatic carbocycles. The molecule has 0 aliphatic heterocycles. The highest BCUT2D eigenvalue weighted by Crippen LogP contribution is 2.33. The van der Waals surface area contributed by atoms with E-state index in [9.17, 15) is 5.26 Å². The second-order valence-electron chi connectivity index (χ2n) is 4.40. The Morgan fingerprint density at radius 2 is 1.74 bits per heavy atom. The van der Waals surface area contributed by atoms with Gasteiger partial charge < -0.3 is 0 Å². The number of halogens is 1. The van der Waals surface area contributed by atoms with Gasteiger partial charge in [0.2, 0.25) is 0 Å². The molecule has 0 unspecified atom stereocenters. The number of benzene rings is 2. The van der Waals surface area contributed by atoms with Gasteiger partial charge in [0.1, 0.15) is 11.2 Å². The van der Waals surface area contributed by atoms with Gasteiger partial charge in [-0.15, -0.1) is 0 Å². The monoisotopic (exact) mass is 266 g/mol. The van der Waals surface area contributed by atoms with Crippen molar-refractivity contribution in [3.8, 4) is 11.8 Å². The molecule has 0 radical (unpaired) electrons. The molecule has 2 nitrogen and oxygen atoms in total. The highest BCUT2D eigenvalue weighted by Gasteiger charge is 2.15. The van der Waals surface area contributed by atoms with Gasteiger partial charge in [-0.05, 0) is 30.7 Å². The Labute approximate surface area is 116 Å². The molecule has 1 heterocycles. The number of aromatic nitrogens is 1. The van der Waals surface area contributed by atoms with E-state index >= 15 is 0 Å². The lowest BCUT2D eigenvalue weighted by atomic mass is 10.2. The molecule has 3 aromatic rings. The number of hydrogen-bond acceptors (Lipinski definition) is 1. The summed E-state index contributed by atoms with van der Waals surface area (Å²) in [6.45, 7) is 2.00. The molecular weight excluding hydrogens is 256 g/mol. The minimum Gasteiger partial charge on any atom is -0.299 e. The smallest absolute Gasteiger partial charge is 0.117 e. The first-order valence-electron chi connectivity index (χ1n) is 5.99. The van der Waals surface area contributed by atoms with Crippen LogP contribution < -0.4 is 0 Å². The summed E-state index contributed by atoms with van der Waals surface area (Å²) in [6.07, 6.45) is 0. The fourth-order valence-corrected chi connectivity index (χ4v) is 2.65. The summed E-state index contributed by atoms with van der Waals surface area (Å²) in [5.74, 6) is 0. The zero-order valence-electron chi connectivity index (χ0n) is 10.4. The number of hydrogen-bond donors (Lipinski definition) is 0. The predicted molar refractivity (Wildman–Crippen MR) is 77.7 cm³/mol. The summed E-state index contributed by atoms with van der Waals surface area (Å²) in [5.41, 5.74) is 3.49. The summed E-state index contributed by atoms with van der Waals surface area (Å²) < 4.78 is 1.94. The van der Waals surface area contributed by atoms with E-state index < -0.39 is 0 Å². The van der Waals surface area contributed by atoms with Crippen LogP contribution >= 0.6 is 11.6 Å². The van der Waals surface area contributed by atoms with Gasteiger partial charge in [-0.25, -0.2) is 0 Å². The molecule has 0 saturated heterocycles. The minimum absolute atomic E-state index is 0.616. The van der Waals surface area contributed by atoms with E-state index in [2.05, 4.69) is 6.07 Å². The Hall–Kier alpha value is -2.24. The van der Waals surface area contributed by atoms with Crippen LogP contribution in [0.4, 0.5) is 0 Å². The van der Waals surface area contributed by atoms with Crippen LogP contribution in [-0.2, 0) is 0 Å². The van der Waals surface area contributed by atoms with Crippen molar-refractivity contribution in [1.82, 2.24) is 4.57 Å². The molecule has 19 heavy (non-hydrogen) atoms. The molecule has 0 N–H and O–H groups in total. The third-order valence-electron chi connectivity index (χ3n) is 3.32. The van der Waals surface area contributed by atoms with Crippen molar-refractivity contribution in [2.45, 2.75) is 6.92 Å². The van der Waals surface area contributed by atoms with Gasteiger partial charge in [0, 0.05) is 5.39 Å². The van der Waals surface area contributed by atoms with Crippen LogP contribution in [0.15, 0.2) is 48.5 Å². The first kappa shape index (κ1) is 11.8. The Kier molecular flexibility index (Phi) is 2.77. The maximum Gasteiger partial charge on any atom is 0.117 e. The molecule has 0 bridgehead atoms. The topological polar surface area (TPSA) is 28.7 Å². The quantitative estimate of drug-likeness (QED) is 0.639. The van der Waals surface area contributed by atoms with Gasteiger partial charge in [0.15, 0.2) is 0 Å². The standard InChI is InChI=1S/C16H11ClN2/c1-11-13-7-3-5-9-15(13)19(16(11)17)14-8-4-2-6-12(14)10-18/h2-9H,1H3. The summed E-state index contributed by atoms with van der Waals surface area (Å²) in [5, 5.41) is 11.0. The maximum atomic E-state index is 9.24. The average Bonchev–Trinajstić information content (AvgIpc) is 2.71. The van der Waals surface area contributed by atoms with Crippen molar-refractivity contribution in [2.75, 3.05) is 0 Å². The second-order valence-corrected chi connectivity index (χ2v) is 4.76. The fraction of sp³-hybridized carbons (Fsp3) is 0.0625. The summed E-state index contributed by atoms with van der Waals surface area (Å²) in [4.78, 5) is 0. The molecule has 0 spiro atoms. The zero-order chi connectivity index (χ0) is 13.4. The molecular formula is C16H11ClN2. The van der Waals surface area contributed by atoms with Gasteiger partial charge in [-0.3, -0.25) is 4.57 Å². The average molecular weight is 267 g/mol. The van der Waals surface area contributed by atoms with E-state index in [0.717, 1.165) is 22.2 Å². The number of para-hydroxylation sites is 2. The van der Waals surface area contributed by atoms with Crippen molar-refractivity contribution < 1.29 is 0 Å². The molecule has 0 aliphatic carbocycles. The van der Waals surface area contributed by atoms with E-state index in [1.165, 1.54) is 0 Å². The number of nitriles is 1. The van der Waals surface area contributed by atoms with Crippen molar-refractivity contribution in [3.05, 3.63) is 64.8 Å². The van der Waals surface area contributed by atoms with Crippen molar-refractivity contribution in [3.63, 3.8) is 0 Å². The van der Waals surface area contributed by atoms with Crippen LogP contribution in [0.3, 0.4) is 0 Å². The molecule has 0 fully saturated rings. The maximum absolute atomic E-state index is 9.24. The highest BCUT2D eigenvalue weighted by molar-refractivity contribution is 6.32. The predicted octanol–water partition coefficient (Wildman–Crippen LogP) is 4.46. The number of fused-ring (bicyclic) bond motifs is 1. The second kappa shape index (κ2) is 4.46. The third-order valence-corrected chi connectivity index (χ3v) is 3.77. The zero-order valence-corrected chi connectivity index (χ0v) is 11.1. The molecule has 0 amide bonds. The molecule has 1 aromatic heterocycles. The summed E-state index contributed by atoms with van der Waals surface area (Å²) in [6, 6.07) is 17.7. The van der Waals surface area contributed by atoms with Crippen LogP contribution in [0.2, 0.25) is 5.15 Å². The molecule has 0 saturated carbocycles. The van der Waals surface area contributed by atoms with Crippen LogP contribution in [0, 0.1) is 18.3 Å². The molecule has 0 aliphatic rings. The van der Waals surface area contributed by atoms with E-state index in [0.29, 0.717) is 10.7 Å². The van der Waals surface area contributed by atoms with E-state index in [4.69, 9.17) is 11.6 Å². The fourth-order valence-electron chi connectivity index (χ4n) is 2.37. The Balaban J connectivity index is 2.44. The van der Waals surface area contributed by atoms with E-state index in [1.807, 2.05) is 54.0 Å². The normalized spacial score (nSPS) is 10.6. The molecule has 92 valence electrons. The summed E-state index contributed by atoms with van der Waals surface area (Å²) >= 11 is 6.45. The Bertz CT molecular complexity index is 809. The third kappa shape index (κ3) is 1.71. The van der Waals surface area contributed by atoms with Gasteiger partial charge >= 0.3 is 0 Å². The number of aryl methyl sites for hydroxylation is 1. The van der Waals surface area contributed by atoms with Crippen LogP contribution in [-0.4, -0.2) is 4.57 Å². The van der Waals surface area contributed by atoms with Gasteiger partial charge in [-0.2, -0.15) is 5.26 Å². The van der Waals surface area contributed by atoms with Gasteiger partial charge in [0.05, 0.1) is 16.8 Å². The van der Waals surface area contributed by atoms with Crippen LogP contribution in [0.1, 0.15) is 11.1 Å². The molecule has 3 heteroatoms. The van der Waals surface area contributed by atoms with Gasteiger partial charge in [-0.1, -0.05) is 41.9 Å². The largest absolute Gasteiger partial charge is 0.299 e. The lowest BCUT2D eigenvalue weighted by molar-refractivity contribution is 1.11. The van der Waals surface area contributed by atoms with Crippen LogP contribution in [0.25, 0.3) is 16.6 Å². The number of rotatable bonds is 1. The lowest BCUT2D eigenvalue weighted by Gasteiger charge is -2.08. The van der Waals surface area contributed by atoms with Crippen molar-refractivity contribution in [2.24, 2.45) is 0 Å². The minimum atomic E-state index is 0.616. The molecule has 0 atom stereocenters. The van der Waals surface area contributed by atoms with E-state index in [-0.39, 0.29) is 0 Å². The van der Waals surface area contributed by atoms with Crippen molar-refractivity contribution >= 4 is 22.5 Å². The molecule has 3 rings (SSSR count). The first-order chi connectivity index (χ1) is 9.24. The SMILES string of the molecule is Cc1c(Cl)n(-c2ccccc2C#N)c2ccccc12. The Morgan fingerprint density at radius 3 is 2.53 bits per heavy atom. The van der Waals surface area contributed by atoms with Gasteiger partial charge in [0.25, 0.3) is 0 Å². The summed E-state index contributed by atoms with van der Waals surface area (Å²) in [7, 11) is 0.